The first-order valence-corrected chi connectivity index (χ1v) is 6.23. The van der Waals surface area contributed by atoms with E-state index in [0.717, 1.165) is 12.8 Å². The Morgan fingerprint density at radius 1 is 1.44 bits per heavy atom. The third-order valence-electron chi connectivity index (χ3n) is 3.11. The second-order valence-electron chi connectivity index (χ2n) is 4.35. The lowest BCUT2D eigenvalue weighted by Gasteiger charge is -2.41. The van der Waals surface area contributed by atoms with Crippen LogP contribution < -0.4 is 0 Å². The molecule has 0 aromatic heterocycles. The van der Waals surface area contributed by atoms with Gasteiger partial charge < -0.3 is 29.2 Å². The van der Waals surface area contributed by atoms with Gasteiger partial charge in [0.2, 0.25) is 0 Å². The third-order valence-corrected chi connectivity index (χ3v) is 3.11. The van der Waals surface area contributed by atoms with Crippen molar-refractivity contribution in [3.63, 3.8) is 0 Å². The Hall–Kier alpha value is -0.530. The van der Waals surface area contributed by atoms with E-state index in [-0.39, 0.29) is 6.61 Å². The van der Waals surface area contributed by atoms with E-state index in [0.29, 0.717) is 12.9 Å². The summed E-state index contributed by atoms with van der Waals surface area (Å²) in [6.07, 6.45) is -0.839. The fourth-order valence-corrected chi connectivity index (χ4v) is 2.02. The first-order valence-electron chi connectivity index (χ1n) is 6.23. The molecular formula is C12H22O6. The summed E-state index contributed by atoms with van der Waals surface area (Å²) in [5.41, 5.74) is 0. The molecule has 1 saturated heterocycles. The molecule has 0 aliphatic carbocycles. The zero-order valence-corrected chi connectivity index (χ0v) is 10.8. The molecule has 0 spiro atoms. The highest BCUT2D eigenvalue weighted by molar-refractivity contribution is 5.55. The monoisotopic (exact) mass is 262 g/mol. The van der Waals surface area contributed by atoms with Crippen LogP contribution in [0.4, 0.5) is 0 Å². The van der Waals surface area contributed by atoms with E-state index in [4.69, 9.17) is 19.3 Å². The predicted octanol–water partition coefficient (Wildman–Crippen LogP) is -0.289. The molecule has 0 aromatic rings. The van der Waals surface area contributed by atoms with Crippen LogP contribution in [0, 0.1) is 5.92 Å². The number of ether oxygens (including phenoxy) is 3. The molecule has 1 fully saturated rings. The van der Waals surface area contributed by atoms with Crippen molar-refractivity contribution in [3.8, 4) is 0 Å². The van der Waals surface area contributed by atoms with E-state index >= 15 is 0 Å². The third kappa shape index (κ3) is 3.49. The first kappa shape index (κ1) is 15.5. The van der Waals surface area contributed by atoms with Gasteiger partial charge in [-0.1, -0.05) is 13.3 Å². The fourth-order valence-electron chi connectivity index (χ4n) is 2.02. The van der Waals surface area contributed by atoms with Crippen molar-refractivity contribution < 1.29 is 29.2 Å². The minimum absolute atomic E-state index is 0.347. The Bertz CT molecular complexity index is 247. The topological polar surface area (TPSA) is 85.2 Å². The fraction of sp³-hybridized carbons (Fsp3) is 0.917. The van der Waals surface area contributed by atoms with Crippen LogP contribution in [0.25, 0.3) is 0 Å². The molecule has 6 nitrogen and oxygen atoms in total. The van der Waals surface area contributed by atoms with E-state index < -0.39 is 30.5 Å². The predicted molar refractivity (Wildman–Crippen MR) is 63.0 cm³/mol. The van der Waals surface area contributed by atoms with Gasteiger partial charge in [-0.2, -0.15) is 0 Å². The zero-order valence-electron chi connectivity index (χ0n) is 10.8. The lowest BCUT2D eigenvalue weighted by atomic mass is 9.92. The van der Waals surface area contributed by atoms with Gasteiger partial charge in [0.25, 0.3) is 0 Å². The molecule has 106 valence electrons. The van der Waals surface area contributed by atoms with Crippen molar-refractivity contribution >= 4 is 6.29 Å². The number of rotatable bonds is 7. The molecule has 0 radical (unpaired) electrons. The number of hydrogen-bond acceptors (Lipinski definition) is 6. The molecule has 1 heterocycles. The Labute approximate surface area is 107 Å². The number of unbranched alkanes of at least 4 members (excludes halogenated alkanes) is 1. The maximum Gasteiger partial charge on any atom is 0.170 e. The van der Waals surface area contributed by atoms with Gasteiger partial charge in [0.05, 0.1) is 18.6 Å². The van der Waals surface area contributed by atoms with Gasteiger partial charge in [-0.05, 0) is 6.42 Å². The molecule has 5 atom stereocenters. The Kier molecular flexibility index (Phi) is 6.73. The van der Waals surface area contributed by atoms with E-state index in [1.54, 1.807) is 0 Å². The summed E-state index contributed by atoms with van der Waals surface area (Å²) in [6.45, 7) is 2.15. The number of hydrogen-bond donors (Lipinski definition) is 2. The summed E-state index contributed by atoms with van der Waals surface area (Å²) >= 11 is 0. The highest BCUT2D eigenvalue weighted by Gasteiger charge is 2.45. The van der Waals surface area contributed by atoms with Crippen molar-refractivity contribution in [1.82, 2.24) is 0 Å². The van der Waals surface area contributed by atoms with Crippen molar-refractivity contribution in [2.75, 3.05) is 20.3 Å². The molecule has 1 aliphatic rings. The number of aliphatic hydroxyl groups excluding tert-OH is 2. The SMILES string of the molecule is CCCCO[C@@H]1O[C@H](CO)[C@H](O)[C@H](OC)[C@H]1C=O. The molecule has 1 aliphatic heterocycles. The zero-order chi connectivity index (χ0) is 13.5. The van der Waals surface area contributed by atoms with Gasteiger partial charge in [-0.3, -0.25) is 0 Å². The summed E-state index contributed by atoms with van der Waals surface area (Å²) < 4.78 is 16.0. The highest BCUT2D eigenvalue weighted by atomic mass is 16.7. The average molecular weight is 262 g/mol. The van der Waals surface area contributed by atoms with Crippen LogP contribution in [-0.2, 0) is 19.0 Å². The van der Waals surface area contributed by atoms with E-state index in [1.165, 1.54) is 7.11 Å². The molecule has 18 heavy (non-hydrogen) atoms. The smallest absolute Gasteiger partial charge is 0.170 e. The van der Waals surface area contributed by atoms with E-state index in [1.807, 2.05) is 6.92 Å². The Balaban J connectivity index is 2.70. The molecule has 0 bridgehead atoms. The second kappa shape index (κ2) is 7.81. The molecular weight excluding hydrogens is 240 g/mol. The van der Waals surface area contributed by atoms with Gasteiger partial charge in [0.1, 0.15) is 18.5 Å². The minimum Gasteiger partial charge on any atom is -0.394 e. The summed E-state index contributed by atoms with van der Waals surface area (Å²) in [7, 11) is 1.41. The Morgan fingerprint density at radius 2 is 2.17 bits per heavy atom. The minimum atomic E-state index is -1.04. The molecule has 0 unspecified atom stereocenters. The van der Waals surface area contributed by atoms with E-state index in [9.17, 15) is 9.90 Å². The normalized spacial score (nSPS) is 36.6. The van der Waals surface area contributed by atoms with Gasteiger partial charge in [0.15, 0.2) is 6.29 Å². The van der Waals surface area contributed by atoms with Crippen LogP contribution in [-0.4, -0.2) is 61.4 Å². The molecule has 2 N–H and O–H groups in total. The molecule has 0 aromatic carbocycles. The lowest BCUT2D eigenvalue weighted by molar-refractivity contribution is -0.280. The number of aliphatic hydroxyl groups is 2. The highest BCUT2D eigenvalue weighted by Crippen LogP contribution is 2.27. The molecule has 0 amide bonds. The van der Waals surface area contributed by atoms with Crippen molar-refractivity contribution in [1.29, 1.82) is 0 Å². The van der Waals surface area contributed by atoms with Crippen molar-refractivity contribution in [3.05, 3.63) is 0 Å². The van der Waals surface area contributed by atoms with Gasteiger partial charge in [-0.25, -0.2) is 0 Å². The van der Waals surface area contributed by atoms with Crippen LogP contribution in [0.5, 0.6) is 0 Å². The summed E-state index contributed by atoms with van der Waals surface area (Å²) in [5.74, 6) is -0.690. The maximum atomic E-state index is 11.1. The Morgan fingerprint density at radius 3 is 2.67 bits per heavy atom. The number of carbonyl (C=O) groups excluding carboxylic acids is 1. The molecule has 1 rings (SSSR count). The van der Waals surface area contributed by atoms with Crippen LogP contribution in [0.15, 0.2) is 0 Å². The number of methoxy groups -OCH3 is 1. The van der Waals surface area contributed by atoms with Crippen molar-refractivity contribution in [2.24, 2.45) is 5.92 Å². The van der Waals surface area contributed by atoms with Gasteiger partial charge in [-0.15, -0.1) is 0 Å². The molecule has 0 saturated carbocycles. The van der Waals surface area contributed by atoms with Crippen molar-refractivity contribution in [2.45, 2.75) is 44.4 Å². The average Bonchev–Trinajstić information content (AvgIpc) is 2.39. The second-order valence-corrected chi connectivity index (χ2v) is 4.35. The maximum absolute atomic E-state index is 11.1. The van der Waals surface area contributed by atoms with Crippen LogP contribution in [0.3, 0.4) is 0 Å². The molecule has 6 heteroatoms. The standard InChI is InChI=1S/C12H22O6/c1-3-4-5-17-12-8(6-13)11(16-2)10(15)9(7-14)18-12/h6,8-12,14-15H,3-5,7H2,1-2H3/t8-,9-,10+,11-,12-/m1/s1. The first-order chi connectivity index (χ1) is 8.69. The quantitative estimate of drug-likeness (QED) is 0.484. The lowest BCUT2D eigenvalue weighted by Crippen LogP contribution is -2.57. The number of aldehydes is 1. The van der Waals surface area contributed by atoms with Crippen LogP contribution in [0.2, 0.25) is 0 Å². The van der Waals surface area contributed by atoms with Gasteiger partial charge in [0, 0.05) is 13.7 Å². The summed E-state index contributed by atoms with van der Waals surface area (Å²) in [5, 5.41) is 19.0. The van der Waals surface area contributed by atoms with Crippen LogP contribution >= 0.6 is 0 Å². The summed E-state index contributed by atoms with van der Waals surface area (Å²) in [4.78, 5) is 11.1. The van der Waals surface area contributed by atoms with Gasteiger partial charge >= 0.3 is 0 Å². The van der Waals surface area contributed by atoms with Crippen LogP contribution in [0.1, 0.15) is 19.8 Å². The van der Waals surface area contributed by atoms with E-state index in [2.05, 4.69) is 0 Å². The number of carbonyl (C=O) groups is 1. The summed E-state index contributed by atoms with van der Waals surface area (Å²) in [6, 6.07) is 0. The largest absolute Gasteiger partial charge is 0.394 e.